The summed E-state index contributed by atoms with van der Waals surface area (Å²) < 4.78 is 10.3. The SMILES string of the molecule is C[C@H](O)[C@H](O)[C@@H](OC1O[C@@H](C)[C@H](O)[C@@H](O)[C@H]1O)[C@@H](O)C=O. The largest absolute Gasteiger partial charge is 0.391 e. The molecule has 0 radical (unpaired) electrons. The van der Waals surface area contributed by atoms with Gasteiger partial charge in [-0.3, -0.25) is 0 Å². The predicted molar refractivity (Wildman–Crippen MR) is 67.0 cm³/mol. The van der Waals surface area contributed by atoms with E-state index in [0.29, 0.717) is 0 Å². The number of aliphatic hydroxyl groups is 6. The first kappa shape index (κ1) is 18.4. The lowest BCUT2D eigenvalue weighted by atomic mass is 9.99. The van der Waals surface area contributed by atoms with Crippen molar-refractivity contribution in [3.05, 3.63) is 0 Å². The van der Waals surface area contributed by atoms with E-state index in [1.54, 1.807) is 0 Å². The summed E-state index contributed by atoms with van der Waals surface area (Å²) in [6.45, 7) is 2.64. The lowest BCUT2D eigenvalue weighted by Crippen LogP contribution is -2.60. The zero-order valence-electron chi connectivity index (χ0n) is 11.7. The van der Waals surface area contributed by atoms with Crippen LogP contribution in [0.25, 0.3) is 0 Å². The van der Waals surface area contributed by atoms with E-state index in [9.17, 15) is 35.4 Å². The van der Waals surface area contributed by atoms with Gasteiger partial charge in [0.2, 0.25) is 0 Å². The summed E-state index contributed by atoms with van der Waals surface area (Å²) in [5, 5.41) is 57.5. The van der Waals surface area contributed by atoms with E-state index in [1.165, 1.54) is 13.8 Å². The molecule has 21 heavy (non-hydrogen) atoms. The highest BCUT2D eigenvalue weighted by Gasteiger charge is 2.45. The molecule has 1 fully saturated rings. The summed E-state index contributed by atoms with van der Waals surface area (Å²) >= 11 is 0. The molecule has 1 heterocycles. The molecular weight excluding hydrogens is 288 g/mol. The first-order valence-corrected chi connectivity index (χ1v) is 6.55. The Morgan fingerprint density at radius 1 is 1.10 bits per heavy atom. The average molecular weight is 310 g/mol. The van der Waals surface area contributed by atoms with Gasteiger partial charge in [0.05, 0.1) is 12.2 Å². The quantitative estimate of drug-likeness (QED) is 0.274. The van der Waals surface area contributed by atoms with Gasteiger partial charge in [-0.15, -0.1) is 0 Å². The maximum absolute atomic E-state index is 10.7. The topological polar surface area (TPSA) is 157 Å². The molecule has 0 spiro atoms. The van der Waals surface area contributed by atoms with Gasteiger partial charge in [-0.1, -0.05) is 0 Å². The second kappa shape index (κ2) is 7.56. The number of carbonyl (C=O) groups excluding carboxylic acids is 1. The highest BCUT2D eigenvalue weighted by molar-refractivity contribution is 5.56. The molecule has 124 valence electrons. The van der Waals surface area contributed by atoms with Crippen molar-refractivity contribution in [1.29, 1.82) is 0 Å². The molecule has 0 aromatic carbocycles. The molecule has 0 saturated carbocycles. The van der Waals surface area contributed by atoms with Gasteiger partial charge in [0, 0.05) is 0 Å². The van der Waals surface area contributed by atoms with Crippen LogP contribution in [0.15, 0.2) is 0 Å². The molecule has 0 bridgehead atoms. The fourth-order valence-electron chi connectivity index (χ4n) is 2.00. The summed E-state index contributed by atoms with van der Waals surface area (Å²) in [5.41, 5.74) is 0. The third-order valence-electron chi connectivity index (χ3n) is 3.41. The van der Waals surface area contributed by atoms with E-state index in [1.807, 2.05) is 0 Å². The van der Waals surface area contributed by atoms with Crippen molar-refractivity contribution in [2.24, 2.45) is 0 Å². The maximum Gasteiger partial charge on any atom is 0.187 e. The molecule has 9 nitrogen and oxygen atoms in total. The molecule has 0 aromatic rings. The highest BCUT2D eigenvalue weighted by atomic mass is 16.7. The predicted octanol–water partition coefficient (Wildman–Crippen LogP) is -3.50. The first-order chi connectivity index (χ1) is 9.70. The molecule has 9 atom stereocenters. The molecule has 1 saturated heterocycles. The van der Waals surface area contributed by atoms with Gasteiger partial charge in [0.1, 0.15) is 36.6 Å². The third-order valence-corrected chi connectivity index (χ3v) is 3.41. The van der Waals surface area contributed by atoms with Crippen molar-refractivity contribution in [2.75, 3.05) is 0 Å². The van der Waals surface area contributed by atoms with Crippen LogP contribution in [0.2, 0.25) is 0 Å². The van der Waals surface area contributed by atoms with Crippen molar-refractivity contribution in [1.82, 2.24) is 0 Å². The normalized spacial score (nSPS) is 39.3. The molecule has 6 N–H and O–H groups in total. The van der Waals surface area contributed by atoms with Crippen molar-refractivity contribution in [3.63, 3.8) is 0 Å². The van der Waals surface area contributed by atoms with Crippen molar-refractivity contribution in [2.45, 2.75) is 69.0 Å². The Morgan fingerprint density at radius 3 is 2.14 bits per heavy atom. The molecule has 1 unspecified atom stereocenters. The number of rotatable bonds is 6. The monoisotopic (exact) mass is 310 g/mol. The van der Waals surface area contributed by atoms with Crippen LogP contribution in [0.5, 0.6) is 0 Å². The minimum atomic E-state index is -1.77. The molecule has 1 aliphatic heterocycles. The fraction of sp³-hybridized carbons (Fsp3) is 0.917. The lowest BCUT2D eigenvalue weighted by Gasteiger charge is -2.41. The number of hydrogen-bond acceptors (Lipinski definition) is 9. The van der Waals surface area contributed by atoms with Crippen molar-refractivity contribution in [3.8, 4) is 0 Å². The molecule has 1 rings (SSSR count). The summed E-state index contributed by atoms with van der Waals surface area (Å²) in [6, 6.07) is 0. The van der Waals surface area contributed by atoms with Crippen LogP contribution in [0.3, 0.4) is 0 Å². The van der Waals surface area contributed by atoms with Gasteiger partial charge >= 0.3 is 0 Å². The summed E-state index contributed by atoms with van der Waals surface area (Å²) in [5.74, 6) is 0. The molecule has 0 aliphatic carbocycles. The van der Waals surface area contributed by atoms with Crippen molar-refractivity contribution >= 4 is 6.29 Å². The van der Waals surface area contributed by atoms with E-state index in [2.05, 4.69) is 0 Å². The van der Waals surface area contributed by atoms with Crippen LogP contribution >= 0.6 is 0 Å². The Bertz CT molecular complexity index is 337. The van der Waals surface area contributed by atoms with E-state index >= 15 is 0 Å². The van der Waals surface area contributed by atoms with E-state index in [0.717, 1.165) is 0 Å². The smallest absolute Gasteiger partial charge is 0.187 e. The van der Waals surface area contributed by atoms with Crippen LogP contribution in [-0.2, 0) is 14.3 Å². The number of ether oxygens (including phenoxy) is 2. The van der Waals surface area contributed by atoms with Gasteiger partial charge in [0.15, 0.2) is 12.6 Å². The molecule has 0 amide bonds. The average Bonchev–Trinajstić information content (AvgIpc) is 2.45. The number of carbonyl (C=O) groups is 1. The Morgan fingerprint density at radius 2 is 1.67 bits per heavy atom. The second-order valence-electron chi connectivity index (χ2n) is 5.14. The molecule has 0 aromatic heterocycles. The van der Waals surface area contributed by atoms with Gasteiger partial charge in [-0.25, -0.2) is 0 Å². The van der Waals surface area contributed by atoms with Gasteiger partial charge in [-0.05, 0) is 13.8 Å². The third kappa shape index (κ3) is 4.18. The maximum atomic E-state index is 10.7. The highest BCUT2D eigenvalue weighted by Crippen LogP contribution is 2.24. The minimum Gasteiger partial charge on any atom is -0.391 e. The summed E-state index contributed by atoms with van der Waals surface area (Å²) in [6.07, 6.45) is -13.1. The van der Waals surface area contributed by atoms with Crippen LogP contribution in [0, 0.1) is 0 Å². The summed E-state index contributed by atoms with van der Waals surface area (Å²) in [7, 11) is 0. The number of aldehydes is 1. The second-order valence-corrected chi connectivity index (χ2v) is 5.14. The lowest BCUT2D eigenvalue weighted by molar-refractivity contribution is -0.318. The van der Waals surface area contributed by atoms with Crippen molar-refractivity contribution < 1.29 is 44.9 Å². The molecular formula is C12H22O9. The standard InChI is InChI=1S/C12H22O9/c1-4(14)7(16)11(6(15)3-13)21-12-10(19)9(18)8(17)5(2)20-12/h3-12,14-19H,1-2H3/t4-,5-,6-,7-,8-,9+,10+,11-,12?/m0/s1. The Labute approximate surface area is 121 Å². The minimum absolute atomic E-state index is 0.0974. The van der Waals surface area contributed by atoms with E-state index in [4.69, 9.17) is 9.47 Å². The van der Waals surface area contributed by atoms with Crippen LogP contribution in [0.4, 0.5) is 0 Å². The first-order valence-electron chi connectivity index (χ1n) is 6.55. The van der Waals surface area contributed by atoms with E-state index < -0.39 is 55.1 Å². The zero-order chi connectivity index (χ0) is 16.3. The Kier molecular flexibility index (Phi) is 6.63. The fourth-order valence-corrected chi connectivity index (χ4v) is 2.00. The van der Waals surface area contributed by atoms with Crippen LogP contribution < -0.4 is 0 Å². The zero-order valence-corrected chi connectivity index (χ0v) is 11.7. The van der Waals surface area contributed by atoms with Gasteiger partial charge in [0.25, 0.3) is 0 Å². The van der Waals surface area contributed by atoms with Gasteiger partial charge < -0.3 is 44.9 Å². The molecule has 9 heteroatoms. The molecule has 1 aliphatic rings. The van der Waals surface area contributed by atoms with Crippen LogP contribution in [0.1, 0.15) is 13.8 Å². The summed E-state index contributed by atoms with van der Waals surface area (Å²) in [4.78, 5) is 10.7. The Hall–Kier alpha value is -0.650. The Balaban J connectivity index is 2.85. The number of aliphatic hydroxyl groups excluding tert-OH is 6. The van der Waals surface area contributed by atoms with Crippen LogP contribution in [-0.4, -0.2) is 92.0 Å². The van der Waals surface area contributed by atoms with E-state index in [-0.39, 0.29) is 6.29 Å². The van der Waals surface area contributed by atoms with Gasteiger partial charge in [-0.2, -0.15) is 0 Å². The number of hydrogen-bond donors (Lipinski definition) is 6.